The Morgan fingerprint density at radius 2 is 2.25 bits per heavy atom. The molecule has 0 atom stereocenters. The van der Waals surface area contributed by atoms with Gasteiger partial charge in [-0.3, -0.25) is 4.79 Å². The molecule has 0 radical (unpaired) electrons. The number of rotatable bonds is 6. The van der Waals surface area contributed by atoms with Gasteiger partial charge < -0.3 is 15.2 Å². The summed E-state index contributed by atoms with van der Waals surface area (Å²) >= 11 is 3.44. The normalized spacial score (nSPS) is 21.1. The van der Waals surface area contributed by atoms with Gasteiger partial charge in [-0.05, 0) is 58.8 Å². The first kappa shape index (κ1) is 15.3. The number of carbonyl (C=O) groups excluding carboxylic acids is 1. The molecular formula is C15H20BrNO3. The molecule has 0 aromatic heterocycles. The van der Waals surface area contributed by atoms with Crippen molar-refractivity contribution in [2.45, 2.75) is 31.8 Å². The minimum Gasteiger partial charge on any atom is -0.496 e. The summed E-state index contributed by atoms with van der Waals surface area (Å²) < 4.78 is 6.08. The van der Waals surface area contributed by atoms with Crippen LogP contribution in [-0.2, 0) is 11.2 Å². The van der Waals surface area contributed by atoms with Gasteiger partial charge in [0.15, 0.2) is 0 Å². The lowest BCUT2D eigenvalue weighted by Gasteiger charge is -2.31. The first-order valence-electron chi connectivity index (χ1n) is 6.85. The van der Waals surface area contributed by atoms with E-state index < -0.39 is 0 Å². The van der Waals surface area contributed by atoms with Crippen LogP contribution in [0.4, 0.5) is 0 Å². The number of methoxy groups -OCH3 is 1. The SMILES string of the molecule is COc1ccc(CCC(=O)NCC2CC(O)C2)cc1Br. The summed E-state index contributed by atoms with van der Waals surface area (Å²) in [6, 6.07) is 5.85. The Morgan fingerprint density at radius 3 is 2.85 bits per heavy atom. The molecule has 0 bridgehead atoms. The minimum atomic E-state index is -0.159. The maximum atomic E-state index is 11.7. The highest BCUT2D eigenvalue weighted by Crippen LogP contribution is 2.27. The van der Waals surface area contributed by atoms with Gasteiger partial charge in [0, 0.05) is 13.0 Å². The molecule has 0 heterocycles. The van der Waals surface area contributed by atoms with Crippen molar-refractivity contribution in [1.82, 2.24) is 5.32 Å². The summed E-state index contributed by atoms with van der Waals surface area (Å²) in [5.74, 6) is 1.31. The largest absolute Gasteiger partial charge is 0.496 e. The molecule has 0 aliphatic heterocycles. The molecule has 1 saturated carbocycles. The molecule has 1 aromatic rings. The summed E-state index contributed by atoms with van der Waals surface area (Å²) in [5.41, 5.74) is 1.10. The number of hydrogen-bond donors (Lipinski definition) is 2. The predicted molar refractivity (Wildman–Crippen MR) is 80.8 cm³/mol. The highest BCUT2D eigenvalue weighted by molar-refractivity contribution is 9.10. The molecular weight excluding hydrogens is 322 g/mol. The fourth-order valence-electron chi connectivity index (χ4n) is 2.34. The van der Waals surface area contributed by atoms with E-state index in [0.29, 0.717) is 25.3 Å². The molecule has 4 nitrogen and oxygen atoms in total. The molecule has 0 spiro atoms. The third kappa shape index (κ3) is 4.21. The van der Waals surface area contributed by atoms with Gasteiger partial charge in [-0.2, -0.15) is 0 Å². The summed E-state index contributed by atoms with van der Waals surface area (Å²) in [5, 5.41) is 12.1. The van der Waals surface area contributed by atoms with Crippen molar-refractivity contribution in [3.8, 4) is 5.75 Å². The maximum Gasteiger partial charge on any atom is 0.220 e. The van der Waals surface area contributed by atoms with Crippen LogP contribution in [0.25, 0.3) is 0 Å². The number of nitrogens with one attached hydrogen (secondary N) is 1. The van der Waals surface area contributed by atoms with E-state index in [1.165, 1.54) is 0 Å². The zero-order valence-electron chi connectivity index (χ0n) is 11.6. The van der Waals surface area contributed by atoms with Crippen LogP contribution in [-0.4, -0.2) is 30.8 Å². The lowest BCUT2D eigenvalue weighted by atomic mass is 9.82. The number of aliphatic hydroxyl groups is 1. The lowest BCUT2D eigenvalue weighted by molar-refractivity contribution is -0.121. The lowest BCUT2D eigenvalue weighted by Crippen LogP contribution is -2.38. The maximum absolute atomic E-state index is 11.7. The van der Waals surface area contributed by atoms with E-state index in [1.807, 2.05) is 18.2 Å². The first-order valence-corrected chi connectivity index (χ1v) is 7.65. The van der Waals surface area contributed by atoms with Gasteiger partial charge in [0.1, 0.15) is 5.75 Å². The van der Waals surface area contributed by atoms with Crippen LogP contribution < -0.4 is 10.1 Å². The van der Waals surface area contributed by atoms with E-state index in [2.05, 4.69) is 21.2 Å². The molecule has 1 aliphatic rings. The van der Waals surface area contributed by atoms with Gasteiger partial charge in [-0.1, -0.05) is 6.07 Å². The summed E-state index contributed by atoms with van der Waals surface area (Å²) in [6.45, 7) is 0.683. The Balaban J connectivity index is 1.71. The van der Waals surface area contributed by atoms with Crippen molar-refractivity contribution in [2.75, 3.05) is 13.7 Å². The molecule has 1 aliphatic carbocycles. The Hall–Kier alpha value is -1.07. The van der Waals surface area contributed by atoms with Gasteiger partial charge in [-0.25, -0.2) is 0 Å². The van der Waals surface area contributed by atoms with Gasteiger partial charge in [0.25, 0.3) is 0 Å². The van der Waals surface area contributed by atoms with Crippen molar-refractivity contribution in [1.29, 1.82) is 0 Å². The van der Waals surface area contributed by atoms with Crippen molar-refractivity contribution in [3.05, 3.63) is 28.2 Å². The van der Waals surface area contributed by atoms with Crippen molar-refractivity contribution in [3.63, 3.8) is 0 Å². The van der Waals surface area contributed by atoms with Crippen LogP contribution in [0.1, 0.15) is 24.8 Å². The fourth-order valence-corrected chi connectivity index (χ4v) is 2.93. The standard InChI is InChI=1S/C15H20BrNO3/c1-20-14-4-2-10(8-13(14)16)3-5-15(19)17-9-11-6-12(18)7-11/h2,4,8,11-12,18H,3,5-7,9H2,1H3,(H,17,19). The Bertz CT molecular complexity index is 472. The Morgan fingerprint density at radius 1 is 1.50 bits per heavy atom. The number of carbonyl (C=O) groups is 1. The molecule has 110 valence electrons. The second-order valence-electron chi connectivity index (χ2n) is 5.26. The van der Waals surface area contributed by atoms with E-state index in [0.717, 1.165) is 28.6 Å². The van der Waals surface area contributed by atoms with Crippen LogP contribution >= 0.6 is 15.9 Å². The zero-order valence-corrected chi connectivity index (χ0v) is 13.1. The van der Waals surface area contributed by atoms with Crippen LogP contribution in [0.5, 0.6) is 5.75 Å². The van der Waals surface area contributed by atoms with E-state index in [4.69, 9.17) is 4.74 Å². The fraction of sp³-hybridized carbons (Fsp3) is 0.533. The van der Waals surface area contributed by atoms with Crippen LogP contribution in [0.15, 0.2) is 22.7 Å². The highest BCUT2D eigenvalue weighted by Gasteiger charge is 2.26. The number of amides is 1. The number of hydrogen-bond acceptors (Lipinski definition) is 3. The number of aliphatic hydroxyl groups excluding tert-OH is 1. The summed E-state index contributed by atoms with van der Waals surface area (Å²) in [7, 11) is 1.63. The minimum absolute atomic E-state index is 0.0679. The van der Waals surface area contributed by atoms with E-state index in [1.54, 1.807) is 7.11 Å². The molecule has 0 unspecified atom stereocenters. The predicted octanol–water partition coefficient (Wildman–Crippen LogP) is 2.28. The smallest absolute Gasteiger partial charge is 0.220 e. The third-order valence-corrected chi connectivity index (χ3v) is 4.28. The number of ether oxygens (including phenoxy) is 1. The van der Waals surface area contributed by atoms with Gasteiger partial charge >= 0.3 is 0 Å². The van der Waals surface area contributed by atoms with Gasteiger partial charge in [0.2, 0.25) is 5.91 Å². The number of halogens is 1. The van der Waals surface area contributed by atoms with E-state index >= 15 is 0 Å². The molecule has 1 fully saturated rings. The van der Waals surface area contributed by atoms with Crippen molar-refractivity contribution < 1.29 is 14.6 Å². The first-order chi connectivity index (χ1) is 9.58. The topological polar surface area (TPSA) is 58.6 Å². The molecule has 5 heteroatoms. The number of aryl methyl sites for hydroxylation is 1. The quantitative estimate of drug-likeness (QED) is 0.834. The second kappa shape index (κ2) is 7.09. The zero-order chi connectivity index (χ0) is 14.5. The molecule has 2 rings (SSSR count). The molecule has 2 N–H and O–H groups in total. The molecule has 1 aromatic carbocycles. The van der Waals surface area contributed by atoms with E-state index in [-0.39, 0.29) is 12.0 Å². The summed E-state index contributed by atoms with van der Waals surface area (Å²) in [6.07, 6.45) is 2.65. The highest BCUT2D eigenvalue weighted by atomic mass is 79.9. The van der Waals surface area contributed by atoms with Crippen molar-refractivity contribution in [2.24, 2.45) is 5.92 Å². The third-order valence-electron chi connectivity index (χ3n) is 3.66. The molecule has 20 heavy (non-hydrogen) atoms. The number of benzene rings is 1. The second-order valence-corrected chi connectivity index (χ2v) is 6.12. The van der Waals surface area contributed by atoms with E-state index in [9.17, 15) is 9.90 Å². The Labute approximate surface area is 127 Å². The monoisotopic (exact) mass is 341 g/mol. The van der Waals surface area contributed by atoms with Crippen LogP contribution in [0.2, 0.25) is 0 Å². The summed E-state index contributed by atoms with van der Waals surface area (Å²) in [4.78, 5) is 11.7. The van der Waals surface area contributed by atoms with Gasteiger partial charge in [-0.15, -0.1) is 0 Å². The molecule has 0 saturated heterocycles. The van der Waals surface area contributed by atoms with Crippen LogP contribution in [0.3, 0.4) is 0 Å². The average Bonchev–Trinajstić information content (AvgIpc) is 2.40. The Kier molecular flexibility index (Phi) is 5.43. The average molecular weight is 342 g/mol. The van der Waals surface area contributed by atoms with Crippen LogP contribution in [0, 0.1) is 5.92 Å². The van der Waals surface area contributed by atoms with Crippen molar-refractivity contribution >= 4 is 21.8 Å². The van der Waals surface area contributed by atoms with Gasteiger partial charge in [0.05, 0.1) is 17.7 Å². The molecule has 1 amide bonds.